The van der Waals surface area contributed by atoms with Crippen molar-refractivity contribution in [2.75, 3.05) is 25.1 Å². The Bertz CT molecular complexity index is 1320. The Hall–Kier alpha value is -4.07. The van der Waals surface area contributed by atoms with Crippen molar-refractivity contribution in [3.63, 3.8) is 0 Å². The van der Waals surface area contributed by atoms with E-state index >= 15 is 0 Å². The van der Waals surface area contributed by atoms with E-state index < -0.39 is 35.6 Å². The zero-order valence-electron chi connectivity index (χ0n) is 21.7. The molecule has 13 heteroatoms. The molecule has 214 valence electrons. The van der Waals surface area contributed by atoms with Gasteiger partial charge in [-0.15, -0.1) is 0 Å². The second kappa shape index (κ2) is 13.8. The van der Waals surface area contributed by atoms with E-state index in [9.17, 15) is 27.6 Å². The Labute approximate surface area is 229 Å². The molecule has 40 heavy (non-hydrogen) atoms. The average molecular weight is 560 g/mol. The van der Waals surface area contributed by atoms with Crippen molar-refractivity contribution in [3.05, 3.63) is 71.9 Å². The summed E-state index contributed by atoms with van der Waals surface area (Å²) in [6.07, 6.45) is -3.25. The van der Waals surface area contributed by atoms with Crippen LogP contribution in [0.15, 0.2) is 60.8 Å². The molecule has 0 spiro atoms. The van der Waals surface area contributed by atoms with Gasteiger partial charge in [0, 0.05) is 31.3 Å². The van der Waals surface area contributed by atoms with Gasteiger partial charge in [0.05, 0.1) is 35.7 Å². The summed E-state index contributed by atoms with van der Waals surface area (Å²) < 4.78 is 39.0. The first-order valence-electron chi connectivity index (χ1n) is 12.6. The predicted octanol–water partition coefficient (Wildman–Crippen LogP) is 1.73. The third-order valence-electron chi connectivity index (χ3n) is 6.19. The maximum absolute atomic E-state index is 13.2. The van der Waals surface area contributed by atoms with Gasteiger partial charge in [0.2, 0.25) is 17.7 Å². The number of fused-ring (bicyclic) bond motifs is 1. The second-order valence-electron chi connectivity index (χ2n) is 9.14. The predicted molar refractivity (Wildman–Crippen MR) is 144 cm³/mol. The van der Waals surface area contributed by atoms with Crippen LogP contribution in [0.5, 0.6) is 0 Å². The molecular weight excluding hydrogens is 527 g/mol. The average Bonchev–Trinajstić information content (AvgIpc) is 2.93. The molecule has 1 heterocycles. The summed E-state index contributed by atoms with van der Waals surface area (Å²) in [5.74, 6) is -1.64. The van der Waals surface area contributed by atoms with E-state index in [4.69, 9.17) is 17.2 Å². The fourth-order valence-electron chi connectivity index (χ4n) is 3.96. The summed E-state index contributed by atoms with van der Waals surface area (Å²) in [5.41, 5.74) is 17.7. The van der Waals surface area contributed by atoms with Gasteiger partial charge in [-0.05, 0) is 36.2 Å². The number of rotatable bonds is 12. The number of benzene rings is 2. The third-order valence-corrected chi connectivity index (χ3v) is 6.19. The Morgan fingerprint density at radius 1 is 1.00 bits per heavy atom. The van der Waals surface area contributed by atoms with Gasteiger partial charge < -0.3 is 32.7 Å². The number of halogens is 3. The lowest BCUT2D eigenvalue weighted by Crippen LogP contribution is -2.51. The molecule has 1 aromatic heterocycles. The topological polar surface area (TPSA) is 169 Å². The van der Waals surface area contributed by atoms with Crippen molar-refractivity contribution < 1.29 is 27.6 Å². The molecule has 3 aromatic rings. The lowest BCUT2D eigenvalue weighted by atomic mass is 10.0. The van der Waals surface area contributed by atoms with Crippen molar-refractivity contribution in [2.45, 2.75) is 37.5 Å². The minimum Gasteiger partial charge on any atom is -0.343 e. The molecule has 3 rings (SSSR count). The molecule has 2 aromatic carbocycles. The summed E-state index contributed by atoms with van der Waals surface area (Å²) in [4.78, 5) is 44.1. The van der Waals surface area contributed by atoms with Crippen LogP contribution in [0.2, 0.25) is 0 Å². The molecule has 8 N–H and O–H groups in total. The molecule has 0 radical (unpaired) electrons. The smallest absolute Gasteiger partial charge is 0.343 e. The zero-order valence-corrected chi connectivity index (χ0v) is 21.7. The van der Waals surface area contributed by atoms with Crippen molar-refractivity contribution in [2.24, 2.45) is 17.2 Å². The Balaban J connectivity index is 1.74. The van der Waals surface area contributed by atoms with E-state index in [0.29, 0.717) is 11.3 Å². The van der Waals surface area contributed by atoms with Crippen LogP contribution in [0, 0.1) is 0 Å². The SMILES string of the molecule is NCCN(CN)C(=O)CCC(N)C(=O)NC(Cc1ccc(C(F)(F)F)cc1)C(=O)Nc1cnc2ccccc2c1. The first-order valence-corrected chi connectivity index (χ1v) is 12.6. The number of hydrogen-bond donors (Lipinski definition) is 5. The van der Waals surface area contributed by atoms with Crippen LogP contribution < -0.4 is 27.8 Å². The van der Waals surface area contributed by atoms with Crippen LogP contribution >= 0.6 is 0 Å². The van der Waals surface area contributed by atoms with Gasteiger partial charge in [-0.3, -0.25) is 19.4 Å². The minimum absolute atomic E-state index is 0.0189. The van der Waals surface area contributed by atoms with Gasteiger partial charge in [0.25, 0.3) is 0 Å². The van der Waals surface area contributed by atoms with Crippen molar-refractivity contribution in [3.8, 4) is 0 Å². The number of nitrogens with two attached hydrogens (primary N) is 3. The van der Waals surface area contributed by atoms with Crippen LogP contribution in [-0.4, -0.2) is 59.4 Å². The molecule has 0 bridgehead atoms. The van der Waals surface area contributed by atoms with E-state index in [1.165, 1.54) is 23.2 Å². The van der Waals surface area contributed by atoms with Crippen LogP contribution in [0.25, 0.3) is 10.9 Å². The highest BCUT2D eigenvalue weighted by atomic mass is 19.4. The number of anilines is 1. The fourth-order valence-corrected chi connectivity index (χ4v) is 3.96. The van der Waals surface area contributed by atoms with Crippen molar-refractivity contribution in [1.29, 1.82) is 0 Å². The first kappa shape index (κ1) is 30.5. The van der Waals surface area contributed by atoms with Gasteiger partial charge in [0.15, 0.2) is 0 Å². The molecule has 0 saturated carbocycles. The molecule has 0 aliphatic rings. The summed E-state index contributed by atoms with van der Waals surface area (Å²) in [6, 6.07) is 10.9. The number of nitrogens with zero attached hydrogens (tertiary/aromatic N) is 2. The lowest BCUT2D eigenvalue weighted by molar-refractivity contribution is -0.137. The monoisotopic (exact) mass is 559 g/mol. The quantitative estimate of drug-likeness (QED) is 0.211. The lowest BCUT2D eigenvalue weighted by Gasteiger charge is -2.22. The molecular formula is C27H32F3N7O3. The minimum atomic E-state index is -4.51. The fraction of sp³-hybridized carbons (Fsp3) is 0.333. The zero-order chi connectivity index (χ0) is 29.3. The highest BCUT2D eigenvalue weighted by Gasteiger charge is 2.30. The van der Waals surface area contributed by atoms with E-state index in [2.05, 4.69) is 15.6 Å². The van der Waals surface area contributed by atoms with E-state index in [1.807, 2.05) is 24.3 Å². The number of aromatic nitrogens is 1. The Kier molecular flexibility index (Phi) is 10.5. The van der Waals surface area contributed by atoms with Gasteiger partial charge in [-0.1, -0.05) is 30.3 Å². The number of para-hydroxylation sites is 1. The Morgan fingerprint density at radius 2 is 1.70 bits per heavy atom. The summed E-state index contributed by atoms with van der Waals surface area (Å²) in [6.45, 7) is 0.454. The molecule has 2 unspecified atom stereocenters. The molecule has 3 amide bonds. The summed E-state index contributed by atoms with van der Waals surface area (Å²) in [5, 5.41) is 6.04. The molecule has 0 saturated heterocycles. The number of hydrogen-bond acceptors (Lipinski definition) is 7. The molecule has 10 nitrogen and oxygen atoms in total. The standard InChI is InChI=1S/C27H32F3N7O3/c28-27(29,30)19-7-5-17(6-8-19)13-23(26(40)35-20-14-18-3-1-2-4-22(18)34-15-20)36-25(39)21(33)9-10-24(38)37(16-32)12-11-31/h1-8,14-15,21,23H,9-13,16,31-33H2,(H,35,40)(H,36,39). The van der Waals surface area contributed by atoms with Gasteiger partial charge in [0.1, 0.15) is 6.04 Å². The Morgan fingerprint density at radius 3 is 2.35 bits per heavy atom. The van der Waals surface area contributed by atoms with E-state index in [0.717, 1.165) is 23.0 Å². The number of carbonyl (C=O) groups is 3. The summed E-state index contributed by atoms with van der Waals surface area (Å²) in [7, 11) is 0. The van der Waals surface area contributed by atoms with Gasteiger partial charge in [-0.25, -0.2) is 0 Å². The third kappa shape index (κ3) is 8.46. The van der Waals surface area contributed by atoms with Gasteiger partial charge >= 0.3 is 6.18 Å². The van der Waals surface area contributed by atoms with E-state index in [1.54, 1.807) is 6.07 Å². The van der Waals surface area contributed by atoms with Crippen LogP contribution in [0.3, 0.4) is 0 Å². The molecule has 2 atom stereocenters. The number of alkyl halides is 3. The van der Waals surface area contributed by atoms with Crippen LogP contribution in [0.1, 0.15) is 24.0 Å². The highest BCUT2D eigenvalue weighted by molar-refractivity contribution is 5.99. The molecule has 0 aliphatic carbocycles. The number of pyridine rings is 1. The maximum atomic E-state index is 13.2. The van der Waals surface area contributed by atoms with Crippen molar-refractivity contribution in [1.82, 2.24) is 15.2 Å². The number of nitrogens with one attached hydrogen (secondary N) is 2. The molecule has 0 fully saturated rings. The van der Waals surface area contributed by atoms with Crippen molar-refractivity contribution >= 4 is 34.3 Å². The summed E-state index contributed by atoms with van der Waals surface area (Å²) >= 11 is 0. The highest BCUT2D eigenvalue weighted by Crippen LogP contribution is 2.29. The molecule has 0 aliphatic heterocycles. The van der Waals surface area contributed by atoms with Gasteiger partial charge in [-0.2, -0.15) is 13.2 Å². The first-order chi connectivity index (χ1) is 19.0. The van der Waals surface area contributed by atoms with Crippen LogP contribution in [-0.2, 0) is 27.0 Å². The maximum Gasteiger partial charge on any atom is 0.416 e. The van der Waals surface area contributed by atoms with Crippen LogP contribution in [0.4, 0.5) is 18.9 Å². The number of carbonyl (C=O) groups excluding carboxylic acids is 3. The number of amides is 3. The van der Waals surface area contributed by atoms with E-state index in [-0.39, 0.29) is 44.9 Å². The largest absolute Gasteiger partial charge is 0.416 e. The normalized spacial score (nSPS) is 12.9. The second-order valence-corrected chi connectivity index (χ2v) is 9.14.